The molecule has 0 aromatic carbocycles. The topological polar surface area (TPSA) is 62.7 Å². The van der Waals surface area contributed by atoms with E-state index in [1.807, 2.05) is 0 Å². The summed E-state index contributed by atoms with van der Waals surface area (Å²) in [4.78, 5) is 31.2. The summed E-state index contributed by atoms with van der Waals surface area (Å²) < 4.78 is 19.1. The summed E-state index contributed by atoms with van der Waals surface area (Å²) in [6.07, 6.45) is 4.31. The molecule has 1 saturated heterocycles. The van der Waals surface area contributed by atoms with Gasteiger partial charge in [0, 0.05) is 50.9 Å². The number of halogens is 1. The molecule has 1 saturated carbocycles. The number of amides is 2. The number of likely N-dealkylation sites (tertiary alicyclic amines) is 1. The lowest BCUT2D eigenvalue weighted by Gasteiger charge is -2.32. The summed E-state index contributed by atoms with van der Waals surface area (Å²) in [5.41, 5.74) is 0.325. The Hall–Kier alpha value is -2.02. The molecule has 0 N–H and O–H groups in total. The standard InChI is InChI=1S/C18H24FN3O3/c1-21(2)17(23)11-25-15-5-3-4-13-9-22(10-14(13)15)18(24)12-6-7-20-16(19)8-12/h6-8,13-15H,3-5,9-11H2,1-2H3/t13-,14+,15+/m1/s1. The first-order valence-electron chi connectivity index (χ1n) is 8.68. The molecule has 7 heteroatoms. The number of pyridine rings is 1. The number of rotatable bonds is 4. The highest BCUT2D eigenvalue weighted by atomic mass is 19.1. The highest BCUT2D eigenvalue weighted by molar-refractivity contribution is 5.94. The minimum absolute atomic E-state index is 0.00498. The zero-order valence-corrected chi connectivity index (χ0v) is 14.7. The molecule has 1 aliphatic heterocycles. The van der Waals surface area contributed by atoms with Crippen LogP contribution in [0.25, 0.3) is 0 Å². The van der Waals surface area contributed by atoms with Gasteiger partial charge in [-0.1, -0.05) is 6.42 Å². The SMILES string of the molecule is CN(C)C(=O)CO[C@H]1CCC[C@@H]2CN(C(=O)c3ccnc(F)c3)C[C@@H]21. The lowest BCUT2D eigenvalue weighted by atomic mass is 9.79. The Balaban J connectivity index is 1.64. The van der Waals surface area contributed by atoms with Crippen molar-refractivity contribution in [2.24, 2.45) is 11.8 Å². The monoisotopic (exact) mass is 349 g/mol. The Bertz CT molecular complexity index is 652. The summed E-state index contributed by atoms with van der Waals surface area (Å²) in [7, 11) is 3.42. The normalized spacial score (nSPS) is 25.6. The van der Waals surface area contributed by atoms with Crippen LogP contribution in [0.2, 0.25) is 0 Å². The quantitative estimate of drug-likeness (QED) is 0.774. The van der Waals surface area contributed by atoms with E-state index in [2.05, 4.69) is 4.98 Å². The van der Waals surface area contributed by atoms with E-state index in [0.29, 0.717) is 24.6 Å². The maximum atomic E-state index is 13.3. The van der Waals surface area contributed by atoms with Crippen LogP contribution in [0.1, 0.15) is 29.6 Å². The molecule has 136 valence electrons. The second-order valence-electron chi connectivity index (χ2n) is 7.07. The number of carbonyl (C=O) groups excluding carboxylic acids is 2. The van der Waals surface area contributed by atoms with Gasteiger partial charge >= 0.3 is 0 Å². The van der Waals surface area contributed by atoms with Crippen molar-refractivity contribution in [1.29, 1.82) is 0 Å². The summed E-state index contributed by atoms with van der Waals surface area (Å²) in [6.45, 7) is 1.33. The largest absolute Gasteiger partial charge is 0.368 e. The predicted molar refractivity (Wildman–Crippen MR) is 89.4 cm³/mol. The molecule has 2 heterocycles. The second kappa shape index (κ2) is 7.47. The summed E-state index contributed by atoms with van der Waals surface area (Å²) in [5.74, 6) is -0.256. The van der Waals surface area contributed by atoms with Crippen LogP contribution in [0.15, 0.2) is 18.3 Å². The molecule has 6 nitrogen and oxygen atoms in total. The van der Waals surface area contributed by atoms with Gasteiger partial charge in [-0.3, -0.25) is 9.59 Å². The van der Waals surface area contributed by atoms with Gasteiger partial charge in [-0.25, -0.2) is 4.98 Å². The van der Waals surface area contributed by atoms with Crippen molar-refractivity contribution in [3.05, 3.63) is 29.8 Å². The highest BCUT2D eigenvalue weighted by Gasteiger charge is 2.42. The van der Waals surface area contributed by atoms with Crippen LogP contribution in [-0.4, -0.2) is 66.5 Å². The number of hydrogen-bond acceptors (Lipinski definition) is 4. The Labute approximate surface area is 147 Å². The van der Waals surface area contributed by atoms with Crippen LogP contribution >= 0.6 is 0 Å². The molecule has 3 rings (SSSR count). The molecule has 2 fully saturated rings. The maximum Gasteiger partial charge on any atom is 0.254 e. The molecule has 2 aliphatic rings. The van der Waals surface area contributed by atoms with Gasteiger partial charge in [0.2, 0.25) is 11.9 Å². The summed E-state index contributed by atoms with van der Waals surface area (Å²) in [6, 6.07) is 2.71. The second-order valence-corrected chi connectivity index (χ2v) is 7.07. The van der Waals surface area contributed by atoms with E-state index >= 15 is 0 Å². The minimum atomic E-state index is -0.647. The predicted octanol–water partition coefficient (Wildman–Crippen LogP) is 1.57. The van der Waals surface area contributed by atoms with E-state index in [4.69, 9.17) is 4.74 Å². The third-order valence-corrected chi connectivity index (χ3v) is 5.21. The fourth-order valence-electron chi connectivity index (χ4n) is 3.82. The van der Waals surface area contributed by atoms with E-state index in [1.54, 1.807) is 19.0 Å². The van der Waals surface area contributed by atoms with Gasteiger partial charge in [0.25, 0.3) is 5.91 Å². The molecule has 3 atom stereocenters. The van der Waals surface area contributed by atoms with Crippen LogP contribution < -0.4 is 0 Å². The number of aromatic nitrogens is 1. The van der Waals surface area contributed by atoms with E-state index in [-0.39, 0.29) is 30.4 Å². The third kappa shape index (κ3) is 3.98. The van der Waals surface area contributed by atoms with Crippen molar-refractivity contribution in [3.63, 3.8) is 0 Å². The molecule has 1 aromatic heterocycles. The molecule has 0 radical (unpaired) electrons. The third-order valence-electron chi connectivity index (χ3n) is 5.21. The first-order chi connectivity index (χ1) is 12.0. The van der Waals surface area contributed by atoms with E-state index in [0.717, 1.165) is 19.3 Å². The fourth-order valence-corrected chi connectivity index (χ4v) is 3.82. The molecule has 0 bridgehead atoms. The Kier molecular flexibility index (Phi) is 5.32. The van der Waals surface area contributed by atoms with Crippen LogP contribution in [0.5, 0.6) is 0 Å². The Morgan fingerprint density at radius 3 is 2.88 bits per heavy atom. The minimum Gasteiger partial charge on any atom is -0.368 e. The fraction of sp³-hybridized carbons (Fsp3) is 0.611. The summed E-state index contributed by atoms with van der Waals surface area (Å²) in [5, 5.41) is 0. The Morgan fingerprint density at radius 2 is 2.16 bits per heavy atom. The van der Waals surface area contributed by atoms with E-state index in [1.165, 1.54) is 23.2 Å². The zero-order valence-electron chi connectivity index (χ0n) is 14.7. The van der Waals surface area contributed by atoms with Crippen molar-refractivity contribution in [1.82, 2.24) is 14.8 Å². The van der Waals surface area contributed by atoms with Crippen LogP contribution in [-0.2, 0) is 9.53 Å². The number of ether oxygens (including phenoxy) is 1. The zero-order chi connectivity index (χ0) is 18.0. The van der Waals surface area contributed by atoms with Crippen LogP contribution in [0.3, 0.4) is 0 Å². The lowest BCUT2D eigenvalue weighted by Crippen LogP contribution is -2.37. The first-order valence-corrected chi connectivity index (χ1v) is 8.68. The maximum absolute atomic E-state index is 13.3. The average molecular weight is 349 g/mol. The van der Waals surface area contributed by atoms with Gasteiger partial charge in [0.1, 0.15) is 6.61 Å². The van der Waals surface area contributed by atoms with Crippen molar-refractivity contribution < 1.29 is 18.7 Å². The molecule has 0 spiro atoms. The average Bonchev–Trinajstić information content (AvgIpc) is 3.03. The number of hydrogen-bond donors (Lipinski definition) is 0. The van der Waals surface area contributed by atoms with E-state index < -0.39 is 5.95 Å². The van der Waals surface area contributed by atoms with E-state index in [9.17, 15) is 14.0 Å². The van der Waals surface area contributed by atoms with Crippen molar-refractivity contribution in [3.8, 4) is 0 Å². The molecular formula is C18H24FN3O3. The molecule has 0 unspecified atom stereocenters. The number of likely N-dealkylation sites (N-methyl/N-ethyl adjacent to an activating group) is 1. The van der Waals surface area contributed by atoms with Gasteiger partial charge in [-0.15, -0.1) is 0 Å². The van der Waals surface area contributed by atoms with Crippen molar-refractivity contribution in [2.45, 2.75) is 25.4 Å². The van der Waals surface area contributed by atoms with Gasteiger partial charge in [0.05, 0.1) is 6.10 Å². The number of carbonyl (C=O) groups is 2. The Morgan fingerprint density at radius 1 is 1.36 bits per heavy atom. The van der Waals surface area contributed by atoms with Gasteiger partial charge in [-0.05, 0) is 24.8 Å². The van der Waals surface area contributed by atoms with Crippen LogP contribution in [0.4, 0.5) is 4.39 Å². The first kappa shape index (κ1) is 17.8. The van der Waals surface area contributed by atoms with Gasteiger partial charge in [-0.2, -0.15) is 4.39 Å². The molecule has 1 aromatic rings. The number of fused-ring (bicyclic) bond motifs is 1. The lowest BCUT2D eigenvalue weighted by molar-refractivity contribution is -0.138. The smallest absolute Gasteiger partial charge is 0.254 e. The van der Waals surface area contributed by atoms with Gasteiger partial charge < -0.3 is 14.5 Å². The molecule has 1 aliphatic carbocycles. The highest BCUT2D eigenvalue weighted by Crippen LogP contribution is 2.38. The van der Waals surface area contributed by atoms with Crippen molar-refractivity contribution in [2.75, 3.05) is 33.8 Å². The van der Waals surface area contributed by atoms with Gasteiger partial charge in [0.15, 0.2) is 0 Å². The van der Waals surface area contributed by atoms with Crippen LogP contribution in [0, 0.1) is 17.8 Å². The molecule has 25 heavy (non-hydrogen) atoms. The molecule has 2 amide bonds. The van der Waals surface area contributed by atoms with Crippen molar-refractivity contribution >= 4 is 11.8 Å². The molecular weight excluding hydrogens is 325 g/mol. The number of nitrogens with zero attached hydrogens (tertiary/aromatic N) is 3. The summed E-state index contributed by atoms with van der Waals surface area (Å²) >= 11 is 0.